The highest BCUT2D eigenvalue weighted by molar-refractivity contribution is 6.63. The molecule has 0 radical (unpaired) electrons. The molecule has 3 saturated carbocycles. The van der Waals surface area contributed by atoms with Gasteiger partial charge < -0.3 is 18.8 Å². The first kappa shape index (κ1) is 15.3. The summed E-state index contributed by atoms with van der Waals surface area (Å²) in [5.74, 6) is 2.31. The maximum Gasteiger partial charge on any atom is 0.500 e. The van der Waals surface area contributed by atoms with Gasteiger partial charge in [-0.15, -0.1) is 0 Å². The Labute approximate surface area is 137 Å². The smallest absolute Gasteiger partial charge is 0.481 e. The number of hydrogen-bond acceptors (Lipinski definition) is 5. The summed E-state index contributed by atoms with van der Waals surface area (Å²) in [4.78, 5) is 4.35. The van der Waals surface area contributed by atoms with Crippen molar-refractivity contribution in [1.82, 2.24) is 4.98 Å². The Morgan fingerprint density at radius 2 is 1.96 bits per heavy atom. The van der Waals surface area contributed by atoms with E-state index in [2.05, 4.69) is 25.8 Å². The van der Waals surface area contributed by atoms with E-state index in [1.807, 2.05) is 12.1 Å². The average Bonchev–Trinajstić information content (AvgIpc) is 2.90. The minimum Gasteiger partial charge on any atom is -0.481 e. The van der Waals surface area contributed by atoms with Crippen molar-refractivity contribution in [3.8, 4) is 11.8 Å². The summed E-state index contributed by atoms with van der Waals surface area (Å²) < 4.78 is 23.3. The molecule has 124 valence electrons. The highest BCUT2D eigenvalue weighted by atomic mass is 16.7. The van der Waals surface area contributed by atoms with Crippen molar-refractivity contribution >= 4 is 12.6 Å². The second kappa shape index (κ2) is 4.87. The monoisotopic (exact) mass is 317 g/mol. The molecule has 23 heavy (non-hydrogen) atoms. The van der Waals surface area contributed by atoms with E-state index < -0.39 is 7.12 Å². The van der Waals surface area contributed by atoms with Crippen molar-refractivity contribution < 1.29 is 18.8 Å². The fourth-order valence-corrected chi connectivity index (χ4v) is 4.89. The molecule has 0 N–H and O–H groups in total. The normalized spacial score (nSPS) is 37.1. The van der Waals surface area contributed by atoms with E-state index in [0.29, 0.717) is 23.1 Å². The number of pyridine rings is 1. The Bertz CT molecular complexity index is 637. The van der Waals surface area contributed by atoms with Gasteiger partial charge in [0.15, 0.2) is 0 Å². The molecule has 5 nitrogen and oxygen atoms in total. The number of ether oxygens (including phenoxy) is 2. The van der Waals surface area contributed by atoms with Crippen molar-refractivity contribution in [2.24, 2.45) is 17.3 Å². The van der Waals surface area contributed by atoms with Gasteiger partial charge in [0.25, 0.3) is 0 Å². The van der Waals surface area contributed by atoms with Crippen molar-refractivity contribution in [2.45, 2.75) is 45.3 Å². The minimum atomic E-state index is -0.423. The SMILES string of the molecule is COc1ccc(B2O[C@H]3C[C@H]4C[C@H](C4(C)C)[C@@]3(C)O2)c(OC)n1. The number of methoxy groups -OCH3 is 2. The third-order valence-electron chi connectivity index (χ3n) is 6.47. The molecule has 2 bridgehead atoms. The van der Waals surface area contributed by atoms with E-state index in [0.717, 1.165) is 17.8 Å². The molecule has 5 rings (SSSR count). The van der Waals surface area contributed by atoms with Gasteiger partial charge in [-0.2, -0.15) is 4.98 Å². The molecule has 4 aliphatic rings. The lowest BCUT2D eigenvalue weighted by molar-refractivity contribution is -0.199. The van der Waals surface area contributed by atoms with Crippen LogP contribution in [0.2, 0.25) is 0 Å². The summed E-state index contributed by atoms with van der Waals surface area (Å²) in [6.07, 6.45) is 2.47. The molecular formula is C17H24BNO4. The summed E-state index contributed by atoms with van der Waals surface area (Å²) in [7, 11) is 2.78. The van der Waals surface area contributed by atoms with E-state index >= 15 is 0 Å². The summed E-state index contributed by atoms with van der Waals surface area (Å²) in [6.45, 7) is 6.93. The van der Waals surface area contributed by atoms with Crippen LogP contribution in [-0.4, -0.2) is 38.0 Å². The van der Waals surface area contributed by atoms with Crippen LogP contribution in [-0.2, 0) is 9.31 Å². The van der Waals surface area contributed by atoms with Crippen LogP contribution in [0.1, 0.15) is 33.6 Å². The molecule has 2 heterocycles. The molecule has 0 unspecified atom stereocenters. The number of rotatable bonds is 3. The summed E-state index contributed by atoms with van der Waals surface area (Å²) in [5, 5.41) is 0. The Balaban J connectivity index is 1.64. The molecule has 6 heteroatoms. The first-order valence-corrected chi connectivity index (χ1v) is 8.32. The van der Waals surface area contributed by atoms with Gasteiger partial charge in [0, 0.05) is 11.5 Å². The van der Waals surface area contributed by atoms with Crippen LogP contribution < -0.4 is 14.9 Å². The molecule has 4 atom stereocenters. The first-order valence-electron chi connectivity index (χ1n) is 8.32. The maximum absolute atomic E-state index is 6.46. The number of aromatic nitrogens is 1. The molecular weight excluding hydrogens is 293 g/mol. The minimum absolute atomic E-state index is 0.149. The fourth-order valence-electron chi connectivity index (χ4n) is 4.89. The lowest BCUT2D eigenvalue weighted by Gasteiger charge is -2.64. The van der Waals surface area contributed by atoms with Gasteiger partial charge in [0.2, 0.25) is 11.8 Å². The zero-order chi connectivity index (χ0) is 16.4. The summed E-state index contributed by atoms with van der Waals surface area (Å²) in [5.41, 5.74) is 0.943. The fraction of sp³-hybridized carbons (Fsp3) is 0.706. The van der Waals surface area contributed by atoms with Crippen molar-refractivity contribution in [3.05, 3.63) is 12.1 Å². The van der Waals surface area contributed by atoms with Gasteiger partial charge in [0.1, 0.15) is 0 Å². The molecule has 1 saturated heterocycles. The summed E-state index contributed by atoms with van der Waals surface area (Å²) >= 11 is 0. The molecule has 4 fully saturated rings. The van der Waals surface area contributed by atoms with Gasteiger partial charge in [-0.1, -0.05) is 19.9 Å². The Morgan fingerprint density at radius 3 is 2.61 bits per heavy atom. The van der Waals surface area contributed by atoms with Crippen molar-refractivity contribution in [3.63, 3.8) is 0 Å². The Morgan fingerprint density at radius 1 is 1.17 bits per heavy atom. The molecule has 0 spiro atoms. The van der Waals surface area contributed by atoms with Crippen LogP contribution in [0.4, 0.5) is 0 Å². The van der Waals surface area contributed by atoms with Crippen LogP contribution >= 0.6 is 0 Å². The zero-order valence-corrected chi connectivity index (χ0v) is 14.5. The average molecular weight is 317 g/mol. The quantitative estimate of drug-likeness (QED) is 0.799. The highest BCUT2D eigenvalue weighted by Crippen LogP contribution is 2.65. The molecule has 3 aliphatic carbocycles. The molecule has 0 amide bonds. The van der Waals surface area contributed by atoms with Gasteiger partial charge >= 0.3 is 7.12 Å². The van der Waals surface area contributed by atoms with Gasteiger partial charge in [-0.3, -0.25) is 0 Å². The predicted molar refractivity (Wildman–Crippen MR) is 87.1 cm³/mol. The lowest BCUT2D eigenvalue weighted by Crippen LogP contribution is -2.65. The van der Waals surface area contributed by atoms with Gasteiger partial charge in [-0.05, 0) is 37.0 Å². The topological polar surface area (TPSA) is 49.8 Å². The van der Waals surface area contributed by atoms with Gasteiger partial charge in [0.05, 0.1) is 25.9 Å². The van der Waals surface area contributed by atoms with Crippen LogP contribution in [0.5, 0.6) is 11.8 Å². The summed E-state index contributed by atoms with van der Waals surface area (Å²) in [6, 6.07) is 3.74. The second-order valence-corrected chi connectivity index (χ2v) is 7.75. The lowest BCUT2D eigenvalue weighted by atomic mass is 9.43. The zero-order valence-electron chi connectivity index (χ0n) is 14.5. The maximum atomic E-state index is 6.46. The van der Waals surface area contributed by atoms with Crippen LogP contribution in [0.25, 0.3) is 0 Å². The second-order valence-electron chi connectivity index (χ2n) is 7.75. The van der Waals surface area contributed by atoms with E-state index in [1.165, 1.54) is 6.42 Å². The number of hydrogen-bond donors (Lipinski definition) is 0. The third kappa shape index (κ3) is 1.97. The standard InChI is InChI=1S/C17H24BNO4/c1-16(2)10-8-12(16)17(3)13(9-10)22-18(23-17)11-6-7-14(20-4)19-15(11)21-5/h6-7,10,12-13H,8-9H2,1-5H3/t10-,12-,13+,17-/m1/s1. The molecule has 1 aromatic heterocycles. The van der Waals surface area contributed by atoms with Crippen molar-refractivity contribution in [1.29, 1.82) is 0 Å². The van der Waals surface area contributed by atoms with Gasteiger partial charge in [-0.25, -0.2) is 0 Å². The molecule has 1 aromatic rings. The molecule has 1 aliphatic heterocycles. The first-order chi connectivity index (χ1) is 10.9. The number of nitrogens with zero attached hydrogens (tertiary/aromatic N) is 1. The van der Waals surface area contributed by atoms with Crippen molar-refractivity contribution in [2.75, 3.05) is 14.2 Å². The van der Waals surface area contributed by atoms with E-state index in [9.17, 15) is 0 Å². The van der Waals surface area contributed by atoms with Crippen LogP contribution in [0, 0.1) is 17.3 Å². The van der Waals surface area contributed by atoms with Crippen LogP contribution in [0.15, 0.2) is 12.1 Å². The van der Waals surface area contributed by atoms with E-state index in [-0.39, 0.29) is 11.7 Å². The predicted octanol–water partition coefficient (Wildman–Crippen LogP) is 2.03. The Hall–Kier alpha value is -1.27. The van der Waals surface area contributed by atoms with E-state index in [4.69, 9.17) is 18.8 Å². The van der Waals surface area contributed by atoms with E-state index in [1.54, 1.807) is 14.2 Å². The third-order valence-corrected chi connectivity index (χ3v) is 6.47. The largest absolute Gasteiger partial charge is 0.500 e. The highest BCUT2D eigenvalue weighted by Gasteiger charge is 2.68. The Kier molecular flexibility index (Phi) is 3.23. The molecule has 0 aromatic carbocycles. The van der Waals surface area contributed by atoms with Crippen LogP contribution in [0.3, 0.4) is 0 Å².